The number of methoxy groups -OCH3 is 1. The van der Waals surface area contributed by atoms with Gasteiger partial charge in [-0.25, -0.2) is 8.42 Å². The van der Waals surface area contributed by atoms with Crippen LogP contribution < -0.4 is 4.74 Å². The summed E-state index contributed by atoms with van der Waals surface area (Å²) in [6.45, 7) is 2.38. The third kappa shape index (κ3) is 4.46. The van der Waals surface area contributed by atoms with E-state index in [4.69, 9.17) is 9.26 Å². The molecule has 0 fully saturated rings. The Bertz CT molecular complexity index is 1380. The van der Waals surface area contributed by atoms with E-state index >= 15 is 0 Å². The molecule has 0 aliphatic heterocycles. The molecule has 0 saturated heterocycles. The van der Waals surface area contributed by atoms with E-state index in [1.54, 1.807) is 17.9 Å². The van der Waals surface area contributed by atoms with Gasteiger partial charge in [-0.05, 0) is 55.0 Å². The van der Waals surface area contributed by atoms with Gasteiger partial charge in [0.05, 0.1) is 18.6 Å². The van der Waals surface area contributed by atoms with Crippen LogP contribution in [0.2, 0.25) is 0 Å². The maximum atomic E-state index is 12.7. The molecule has 0 bridgehead atoms. The van der Waals surface area contributed by atoms with Crippen molar-refractivity contribution in [3.8, 4) is 28.7 Å². The summed E-state index contributed by atoms with van der Waals surface area (Å²) in [6, 6.07) is 13.4. The Morgan fingerprint density at radius 1 is 1.06 bits per heavy atom. The molecule has 0 spiro atoms. The van der Waals surface area contributed by atoms with Crippen LogP contribution in [-0.4, -0.2) is 41.0 Å². The van der Waals surface area contributed by atoms with Gasteiger partial charge in [0, 0.05) is 11.3 Å². The van der Waals surface area contributed by atoms with Crippen LogP contribution >= 0.6 is 0 Å². The third-order valence-electron chi connectivity index (χ3n) is 4.85. The van der Waals surface area contributed by atoms with E-state index in [-0.39, 0.29) is 11.7 Å². The Hall–Kier alpha value is -3.67. The van der Waals surface area contributed by atoms with Crippen molar-refractivity contribution in [2.24, 2.45) is 0 Å². The second-order valence-corrected chi connectivity index (χ2v) is 9.01. The van der Waals surface area contributed by atoms with Gasteiger partial charge in [0.1, 0.15) is 5.75 Å². The van der Waals surface area contributed by atoms with Crippen molar-refractivity contribution in [2.45, 2.75) is 23.9 Å². The lowest BCUT2D eigenvalue weighted by atomic mass is 10.2. The number of halogens is 3. The molecule has 172 valence electrons. The molecule has 2 aromatic heterocycles. The summed E-state index contributed by atoms with van der Waals surface area (Å²) in [5.41, 5.74) is -2.80. The fraction of sp³-hybridized carbons (Fsp3) is 0.190. The second kappa shape index (κ2) is 8.35. The normalized spacial score (nSPS) is 12.2. The molecule has 8 nitrogen and oxygen atoms in total. The molecule has 4 aromatic rings. The lowest BCUT2D eigenvalue weighted by molar-refractivity contribution is -0.0436. The minimum atomic E-state index is -5.43. The summed E-state index contributed by atoms with van der Waals surface area (Å²) in [6.07, 6.45) is 0. The van der Waals surface area contributed by atoms with Crippen LogP contribution in [0.25, 0.3) is 23.0 Å². The van der Waals surface area contributed by atoms with E-state index < -0.39 is 20.2 Å². The molecule has 2 heterocycles. The van der Waals surface area contributed by atoms with Crippen molar-refractivity contribution >= 4 is 9.84 Å². The SMILES string of the molecule is COc1ccc(Cn2nc(-c3nc(-c4ccc(S(=O)(=O)C(F)(F)F)cc4)no3)cc2C)cc1. The van der Waals surface area contributed by atoms with E-state index in [0.717, 1.165) is 29.1 Å². The van der Waals surface area contributed by atoms with Crippen LogP contribution in [0.3, 0.4) is 0 Å². The standard InChI is InChI=1S/C21H17F3N4O4S/c1-13-11-18(26-28(13)12-14-3-7-16(31-2)8-4-14)20-25-19(27-32-20)15-5-9-17(10-6-15)33(29,30)21(22,23)24/h3-11H,12H2,1-2H3. The zero-order valence-corrected chi connectivity index (χ0v) is 18.2. The van der Waals surface area contributed by atoms with Gasteiger partial charge < -0.3 is 9.26 Å². The maximum Gasteiger partial charge on any atom is 0.501 e. The van der Waals surface area contributed by atoms with Gasteiger partial charge in [-0.2, -0.15) is 23.3 Å². The molecule has 0 amide bonds. The summed E-state index contributed by atoms with van der Waals surface area (Å²) >= 11 is 0. The van der Waals surface area contributed by atoms with E-state index in [2.05, 4.69) is 15.2 Å². The smallest absolute Gasteiger partial charge is 0.497 e. The molecular formula is C21H17F3N4O4S. The van der Waals surface area contributed by atoms with Crippen LogP contribution in [0.5, 0.6) is 5.75 Å². The van der Waals surface area contributed by atoms with Crippen LogP contribution in [0.15, 0.2) is 64.0 Å². The monoisotopic (exact) mass is 478 g/mol. The molecular weight excluding hydrogens is 461 g/mol. The topological polar surface area (TPSA) is 100 Å². The summed E-state index contributed by atoms with van der Waals surface area (Å²) in [7, 11) is -3.84. The van der Waals surface area contributed by atoms with Crippen LogP contribution in [0.1, 0.15) is 11.3 Å². The largest absolute Gasteiger partial charge is 0.501 e. The lowest BCUT2D eigenvalue weighted by Crippen LogP contribution is -2.23. The first-order valence-electron chi connectivity index (χ1n) is 9.52. The highest BCUT2D eigenvalue weighted by molar-refractivity contribution is 7.92. The number of aryl methyl sites for hydroxylation is 1. The van der Waals surface area contributed by atoms with Crippen LogP contribution in [0, 0.1) is 6.92 Å². The first-order chi connectivity index (χ1) is 15.6. The average Bonchev–Trinajstić information content (AvgIpc) is 3.41. The Morgan fingerprint density at radius 3 is 2.33 bits per heavy atom. The molecule has 2 aromatic carbocycles. The van der Waals surface area contributed by atoms with E-state index in [0.29, 0.717) is 17.8 Å². The minimum absolute atomic E-state index is 0.0864. The number of benzene rings is 2. The molecule has 4 rings (SSSR count). The first-order valence-corrected chi connectivity index (χ1v) is 11.0. The van der Waals surface area contributed by atoms with Gasteiger partial charge in [-0.1, -0.05) is 17.3 Å². The second-order valence-electron chi connectivity index (χ2n) is 7.07. The zero-order valence-electron chi connectivity index (χ0n) is 17.4. The predicted octanol–water partition coefficient (Wildman–Crippen LogP) is 4.26. The number of aromatic nitrogens is 4. The van der Waals surface area contributed by atoms with Gasteiger partial charge in [0.2, 0.25) is 5.82 Å². The third-order valence-corrected chi connectivity index (χ3v) is 6.35. The van der Waals surface area contributed by atoms with Crippen molar-refractivity contribution in [1.29, 1.82) is 0 Å². The summed E-state index contributed by atoms with van der Waals surface area (Å²) in [5, 5.41) is 8.31. The molecule has 0 unspecified atom stereocenters. The number of sulfone groups is 1. The van der Waals surface area contributed by atoms with Gasteiger partial charge in [-0.3, -0.25) is 4.68 Å². The number of alkyl halides is 3. The maximum absolute atomic E-state index is 12.7. The molecule has 0 aliphatic carbocycles. The Labute approximate surface area is 186 Å². The molecule has 0 saturated carbocycles. The molecule has 12 heteroatoms. The minimum Gasteiger partial charge on any atom is -0.497 e. The van der Waals surface area contributed by atoms with Gasteiger partial charge in [0.15, 0.2) is 5.69 Å². The van der Waals surface area contributed by atoms with Crippen molar-refractivity contribution in [2.75, 3.05) is 7.11 Å². The Morgan fingerprint density at radius 2 is 1.73 bits per heavy atom. The number of hydrogen-bond donors (Lipinski definition) is 0. The molecule has 0 atom stereocenters. The number of hydrogen-bond acceptors (Lipinski definition) is 7. The van der Waals surface area contributed by atoms with Crippen LogP contribution in [0.4, 0.5) is 13.2 Å². The van der Waals surface area contributed by atoms with Crippen LogP contribution in [-0.2, 0) is 16.4 Å². The highest BCUT2D eigenvalue weighted by Crippen LogP contribution is 2.31. The highest BCUT2D eigenvalue weighted by Gasteiger charge is 2.46. The van der Waals surface area contributed by atoms with Gasteiger partial charge in [-0.15, -0.1) is 0 Å². The number of nitrogens with zero attached hydrogens (tertiary/aromatic N) is 4. The summed E-state index contributed by atoms with van der Waals surface area (Å²) in [4.78, 5) is 3.37. The first kappa shape index (κ1) is 22.5. The predicted molar refractivity (Wildman–Crippen MR) is 111 cm³/mol. The van der Waals surface area contributed by atoms with Crippen molar-refractivity contribution in [3.63, 3.8) is 0 Å². The van der Waals surface area contributed by atoms with Crippen molar-refractivity contribution in [1.82, 2.24) is 19.9 Å². The lowest BCUT2D eigenvalue weighted by Gasteiger charge is -2.07. The fourth-order valence-corrected chi connectivity index (χ4v) is 3.80. The quantitative estimate of drug-likeness (QED) is 0.408. The molecule has 0 radical (unpaired) electrons. The molecule has 33 heavy (non-hydrogen) atoms. The number of rotatable bonds is 6. The zero-order chi connectivity index (χ0) is 23.8. The number of ether oxygens (including phenoxy) is 1. The molecule has 0 aliphatic rings. The molecule has 0 N–H and O–H groups in total. The van der Waals surface area contributed by atoms with Gasteiger partial charge >= 0.3 is 5.51 Å². The highest BCUT2D eigenvalue weighted by atomic mass is 32.2. The van der Waals surface area contributed by atoms with Crippen molar-refractivity contribution in [3.05, 3.63) is 65.9 Å². The summed E-state index contributed by atoms with van der Waals surface area (Å²) < 4.78 is 73.3. The summed E-state index contributed by atoms with van der Waals surface area (Å²) in [5.74, 6) is 0.955. The van der Waals surface area contributed by atoms with Crippen molar-refractivity contribution < 1.29 is 30.8 Å². The fourth-order valence-electron chi connectivity index (χ4n) is 3.04. The van der Waals surface area contributed by atoms with E-state index in [1.807, 2.05) is 31.2 Å². The van der Waals surface area contributed by atoms with E-state index in [1.165, 1.54) is 12.1 Å². The average molecular weight is 478 g/mol. The van der Waals surface area contributed by atoms with Gasteiger partial charge in [0.25, 0.3) is 15.7 Å². The Kier molecular flexibility index (Phi) is 5.70. The Balaban J connectivity index is 1.54. The van der Waals surface area contributed by atoms with E-state index in [9.17, 15) is 21.6 Å².